The molecule has 2 rings (SSSR count). The van der Waals surface area contributed by atoms with Crippen molar-refractivity contribution in [3.8, 4) is 0 Å². The number of hydrogen-bond acceptors (Lipinski definition) is 3. The Morgan fingerprint density at radius 3 is 2.59 bits per heavy atom. The van der Waals surface area contributed by atoms with E-state index < -0.39 is 0 Å². The van der Waals surface area contributed by atoms with E-state index in [2.05, 4.69) is 21.9 Å². The molecule has 0 spiro atoms. The standard InChI is InChI=1S/C13H15N3S/c1-3-11-9(2)15-12(16-13(11)17)8-10-4-6-14-7-5-10/h4-7H,3,8H2,1-2H3,(H,15,16,17). The summed E-state index contributed by atoms with van der Waals surface area (Å²) in [7, 11) is 0. The van der Waals surface area contributed by atoms with Crippen LogP contribution in [0.3, 0.4) is 0 Å². The van der Waals surface area contributed by atoms with Gasteiger partial charge in [-0.2, -0.15) is 0 Å². The molecule has 0 aliphatic rings. The van der Waals surface area contributed by atoms with Crippen LogP contribution in [0.2, 0.25) is 0 Å². The fourth-order valence-electron chi connectivity index (χ4n) is 1.86. The van der Waals surface area contributed by atoms with Crippen LogP contribution in [0.1, 0.15) is 29.6 Å². The zero-order chi connectivity index (χ0) is 12.3. The Morgan fingerprint density at radius 2 is 2.00 bits per heavy atom. The van der Waals surface area contributed by atoms with Crippen molar-refractivity contribution in [3.05, 3.63) is 51.8 Å². The zero-order valence-electron chi connectivity index (χ0n) is 10.0. The molecule has 3 nitrogen and oxygen atoms in total. The molecule has 0 saturated carbocycles. The molecular weight excluding hydrogens is 230 g/mol. The number of aryl methyl sites for hydroxylation is 1. The van der Waals surface area contributed by atoms with Gasteiger partial charge in [0.2, 0.25) is 0 Å². The summed E-state index contributed by atoms with van der Waals surface area (Å²) in [4.78, 5) is 11.8. The molecule has 0 radical (unpaired) electrons. The number of nitrogens with zero attached hydrogens (tertiary/aromatic N) is 2. The van der Waals surface area contributed by atoms with E-state index in [1.807, 2.05) is 19.1 Å². The Kier molecular flexibility index (Phi) is 3.64. The summed E-state index contributed by atoms with van der Waals surface area (Å²) in [5.74, 6) is 0.913. The van der Waals surface area contributed by atoms with Crippen molar-refractivity contribution in [2.75, 3.05) is 0 Å². The van der Waals surface area contributed by atoms with Gasteiger partial charge in [-0.25, -0.2) is 4.98 Å². The highest BCUT2D eigenvalue weighted by Crippen LogP contribution is 2.10. The summed E-state index contributed by atoms with van der Waals surface area (Å²) < 4.78 is 0.716. The first-order valence-electron chi connectivity index (χ1n) is 5.68. The van der Waals surface area contributed by atoms with Crippen LogP contribution < -0.4 is 0 Å². The van der Waals surface area contributed by atoms with E-state index in [1.165, 1.54) is 5.56 Å². The third-order valence-electron chi connectivity index (χ3n) is 2.75. The van der Waals surface area contributed by atoms with Crippen molar-refractivity contribution in [1.29, 1.82) is 0 Å². The second-order valence-electron chi connectivity index (χ2n) is 3.98. The summed E-state index contributed by atoms with van der Waals surface area (Å²) in [5, 5.41) is 0. The smallest absolute Gasteiger partial charge is 0.133 e. The topological polar surface area (TPSA) is 41.6 Å². The number of pyridine rings is 1. The van der Waals surface area contributed by atoms with E-state index >= 15 is 0 Å². The zero-order valence-corrected chi connectivity index (χ0v) is 10.8. The van der Waals surface area contributed by atoms with E-state index in [0.717, 1.165) is 29.9 Å². The molecule has 0 fully saturated rings. The Bertz CT molecular complexity index is 561. The average Bonchev–Trinajstić information content (AvgIpc) is 2.30. The van der Waals surface area contributed by atoms with Crippen molar-refractivity contribution in [3.63, 3.8) is 0 Å². The third-order valence-corrected chi connectivity index (χ3v) is 3.09. The number of rotatable bonds is 3. The van der Waals surface area contributed by atoms with Crippen LogP contribution in [0.5, 0.6) is 0 Å². The summed E-state index contributed by atoms with van der Waals surface area (Å²) in [5.41, 5.74) is 3.44. The van der Waals surface area contributed by atoms with E-state index in [1.54, 1.807) is 12.4 Å². The maximum Gasteiger partial charge on any atom is 0.133 e. The van der Waals surface area contributed by atoms with E-state index in [-0.39, 0.29) is 0 Å². The summed E-state index contributed by atoms with van der Waals surface area (Å²) in [6.45, 7) is 4.14. The van der Waals surface area contributed by atoms with Gasteiger partial charge < -0.3 is 4.98 Å². The van der Waals surface area contributed by atoms with Crippen LogP contribution in [0.25, 0.3) is 0 Å². The summed E-state index contributed by atoms with van der Waals surface area (Å²) in [6, 6.07) is 3.98. The molecule has 0 saturated heterocycles. The quantitative estimate of drug-likeness (QED) is 0.845. The highest BCUT2D eigenvalue weighted by atomic mass is 32.1. The highest BCUT2D eigenvalue weighted by Gasteiger charge is 2.04. The Balaban J connectivity index is 2.32. The van der Waals surface area contributed by atoms with Gasteiger partial charge in [-0.1, -0.05) is 19.1 Å². The third kappa shape index (κ3) is 2.77. The second-order valence-corrected chi connectivity index (χ2v) is 4.36. The molecule has 0 aromatic carbocycles. The first-order chi connectivity index (χ1) is 8.20. The van der Waals surface area contributed by atoms with Crippen LogP contribution >= 0.6 is 12.2 Å². The molecule has 0 bridgehead atoms. The van der Waals surface area contributed by atoms with Crippen molar-refractivity contribution >= 4 is 12.2 Å². The van der Waals surface area contributed by atoms with Crippen molar-refractivity contribution in [1.82, 2.24) is 15.0 Å². The van der Waals surface area contributed by atoms with Crippen LogP contribution in [0.4, 0.5) is 0 Å². The maximum atomic E-state index is 5.30. The molecule has 2 aromatic heterocycles. The Labute approximate surface area is 106 Å². The van der Waals surface area contributed by atoms with Crippen molar-refractivity contribution < 1.29 is 0 Å². The van der Waals surface area contributed by atoms with Gasteiger partial charge in [-0.3, -0.25) is 4.98 Å². The van der Waals surface area contributed by atoms with Gasteiger partial charge in [0.1, 0.15) is 10.5 Å². The van der Waals surface area contributed by atoms with Gasteiger partial charge in [0.15, 0.2) is 0 Å². The van der Waals surface area contributed by atoms with Crippen LogP contribution in [0, 0.1) is 11.6 Å². The fourth-order valence-corrected chi connectivity index (χ4v) is 2.27. The number of aromatic nitrogens is 3. The summed E-state index contributed by atoms with van der Waals surface area (Å²) in [6.07, 6.45) is 5.26. The van der Waals surface area contributed by atoms with Gasteiger partial charge in [0.25, 0.3) is 0 Å². The lowest BCUT2D eigenvalue weighted by Gasteiger charge is -2.07. The van der Waals surface area contributed by atoms with Gasteiger partial charge in [0, 0.05) is 30.1 Å². The summed E-state index contributed by atoms with van der Waals surface area (Å²) >= 11 is 5.30. The van der Waals surface area contributed by atoms with E-state index in [9.17, 15) is 0 Å². The number of aromatic amines is 1. The van der Waals surface area contributed by atoms with Crippen LogP contribution in [-0.2, 0) is 12.8 Å². The molecule has 2 heterocycles. The predicted molar refractivity (Wildman–Crippen MR) is 70.6 cm³/mol. The largest absolute Gasteiger partial charge is 0.347 e. The predicted octanol–water partition coefficient (Wildman–Crippen LogP) is 3.00. The van der Waals surface area contributed by atoms with Gasteiger partial charge in [-0.15, -0.1) is 0 Å². The van der Waals surface area contributed by atoms with Crippen molar-refractivity contribution in [2.45, 2.75) is 26.7 Å². The van der Waals surface area contributed by atoms with Gasteiger partial charge >= 0.3 is 0 Å². The second kappa shape index (κ2) is 5.19. The maximum absolute atomic E-state index is 5.30. The molecule has 0 amide bonds. The first-order valence-corrected chi connectivity index (χ1v) is 6.09. The minimum absolute atomic E-state index is 0.716. The molecule has 0 atom stereocenters. The Hall–Kier alpha value is -1.55. The van der Waals surface area contributed by atoms with Crippen LogP contribution in [0.15, 0.2) is 24.5 Å². The molecule has 0 aliphatic heterocycles. The molecule has 17 heavy (non-hydrogen) atoms. The highest BCUT2D eigenvalue weighted by molar-refractivity contribution is 7.71. The first kappa shape index (κ1) is 11.9. The monoisotopic (exact) mass is 245 g/mol. The van der Waals surface area contributed by atoms with E-state index in [0.29, 0.717) is 4.64 Å². The lowest BCUT2D eigenvalue weighted by atomic mass is 10.1. The molecule has 2 aromatic rings. The molecule has 1 N–H and O–H groups in total. The lowest BCUT2D eigenvalue weighted by molar-refractivity contribution is 0.894. The van der Waals surface area contributed by atoms with Gasteiger partial charge in [0.05, 0.1) is 0 Å². The van der Waals surface area contributed by atoms with Crippen molar-refractivity contribution in [2.24, 2.45) is 0 Å². The van der Waals surface area contributed by atoms with Gasteiger partial charge in [-0.05, 0) is 31.0 Å². The molecular formula is C13H15N3S. The minimum atomic E-state index is 0.716. The Morgan fingerprint density at radius 1 is 1.29 bits per heavy atom. The number of hydrogen-bond donors (Lipinski definition) is 1. The molecule has 0 unspecified atom stereocenters. The number of H-pyrrole nitrogens is 1. The lowest BCUT2D eigenvalue weighted by Crippen LogP contribution is -2.03. The normalized spacial score (nSPS) is 10.5. The fraction of sp³-hybridized carbons (Fsp3) is 0.308. The molecule has 88 valence electrons. The minimum Gasteiger partial charge on any atom is -0.347 e. The number of nitrogens with one attached hydrogen (secondary N) is 1. The average molecular weight is 245 g/mol. The SMILES string of the molecule is CCc1c(C)[nH]c(Cc2ccncc2)nc1=S. The molecule has 4 heteroatoms. The van der Waals surface area contributed by atoms with E-state index in [4.69, 9.17) is 12.2 Å². The molecule has 0 aliphatic carbocycles. The van der Waals surface area contributed by atoms with Crippen LogP contribution in [-0.4, -0.2) is 15.0 Å².